The first-order valence-electron chi connectivity index (χ1n) is 15.5. The van der Waals surface area contributed by atoms with E-state index in [4.69, 9.17) is 14.7 Å². The number of carboxylic acid groups (broad SMARTS) is 2. The number of rotatable bonds is 3. The van der Waals surface area contributed by atoms with E-state index in [-0.39, 0.29) is 25.4 Å². The highest BCUT2D eigenvalue weighted by molar-refractivity contribution is 5.89. The molecule has 0 heterocycles. The Bertz CT molecular complexity index is 1190. The predicted molar refractivity (Wildman–Crippen MR) is 192 cm³/mol. The van der Waals surface area contributed by atoms with Crippen molar-refractivity contribution in [3.63, 3.8) is 0 Å². The van der Waals surface area contributed by atoms with E-state index in [9.17, 15) is 14.7 Å². The number of carboxylic acids is 2. The van der Waals surface area contributed by atoms with Crippen molar-refractivity contribution in [2.75, 3.05) is 0 Å². The number of aromatic carboxylic acids is 1. The van der Waals surface area contributed by atoms with Gasteiger partial charge < -0.3 is 15.0 Å². The minimum Gasteiger partial charge on any atom is -0.550 e. The van der Waals surface area contributed by atoms with Crippen LogP contribution in [0.2, 0.25) is 0 Å². The number of carbonyl (C=O) groups is 2. The second-order valence-corrected chi connectivity index (χ2v) is 11.4. The van der Waals surface area contributed by atoms with Crippen LogP contribution in [0.1, 0.15) is 132 Å². The smallest absolute Gasteiger partial charge is 0.373 e. The van der Waals surface area contributed by atoms with Gasteiger partial charge >= 0.3 is 12.1 Å². The van der Waals surface area contributed by atoms with Gasteiger partial charge in [-0.2, -0.15) is 9.59 Å². The van der Waals surface area contributed by atoms with Gasteiger partial charge in [-0.1, -0.05) is 143 Å². The zero-order valence-electron chi connectivity index (χ0n) is 30.2. The molecule has 6 nitrogen and oxygen atoms in total. The van der Waals surface area contributed by atoms with Crippen molar-refractivity contribution in [1.82, 2.24) is 0 Å². The Labute approximate surface area is 281 Å². The number of hydrogen-bond acceptors (Lipinski definition) is 5. The van der Waals surface area contributed by atoms with Crippen molar-refractivity contribution in [3.05, 3.63) is 106 Å². The molecular weight excluding hydrogens is 576 g/mol. The van der Waals surface area contributed by atoms with Gasteiger partial charge in [0.2, 0.25) is 0 Å². The predicted octanol–water partition coefficient (Wildman–Crippen LogP) is 10.0. The fourth-order valence-corrected chi connectivity index (χ4v) is 2.89. The van der Waals surface area contributed by atoms with E-state index in [2.05, 4.69) is 119 Å². The minimum absolute atomic E-state index is 0. The maximum atomic E-state index is 10.4. The lowest BCUT2D eigenvalue weighted by atomic mass is 9.85. The normalized spacial score (nSPS) is 8.72. The van der Waals surface area contributed by atoms with Crippen LogP contribution in [0, 0.1) is 34.6 Å². The molecule has 6 heteroatoms. The number of carbonyl (C=O) groups excluding carboxylic acids is 3. The van der Waals surface area contributed by atoms with Gasteiger partial charge in [0.1, 0.15) is 0 Å². The van der Waals surface area contributed by atoms with E-state index >= 15 is 0 Å². The van der Waals surface area contributed by atoms with Crippen molar-refractivity contribution in [2.24, 2.45) is 0 Å². The third kappa shape index (κ3) is 31.4. The Morgan fingerprint density at radius 1 is 0.674 bits per heavy atom. The third-order valence-corrected chi connectivity index (χ3v) is 5.63. The molecule has 0 aromatic heterocycles. The Hall–Kier alpha value is -4.02. The Morgan fingerprint density at radius 2 is 1.02 bits per heavy atom. The van der Waals surface area contributed by atoms with E-state index in [1.165, 1.54) is 40.7 Å². The van der Waals surface area contributed by atoms with Gasteiger partial charge in [0.15, 0.2) is 0 Å². The number of aryl methyl sites for hydroxylation is 5. The molecule has 3 aromatic carbocycles. The standard InChI is InChI=1S/C12H18.C8H8O2.C8H10.C4H8O2.2C3H8.CO2.CH4/c1-9-6-7-11(8-10(9)2)12(3,4)5;1-6-4-2-3-5-7(6)8(9)10;1-7-5-3-4-6-8(7)2;1-2-3-4(5)6;2*1-3-2;2-1-3;/h6-8H,1-5H3;2-5H,1H3,(H,9,10);3-6H,1-2H3;2-3H2,1H3,(H,5,6);2*3H2,1-2H3;;1H4/p-1. The summed E-state index contributed by atoms with van der Waals surface area (Å²) >= 11 is 0. The molecule has 0 fully saturated rings. The fourth-order valence-electron chi connectivity index (χ4n) is 2.89. The molecule has 0 atom stereocenters. The van der Waals surface area contributed by atoms with Crippen LogP contribution in [0.3, 0.4) is 0 Å². The molecule has 1 N–H and O–H groups in total. The van der Waals surface area contributed by atoms with Gasteiger partial charge in [-0.25, -0.2) is 4.79 Å². The van der Waals surface area contributed by atoms with E-state index in [1.54, 1.807) is 32.0 Å². The highest BCUT2D eigenvalue weighted by Crippen LogP contribution is 2.23. The van der Waals surface area contributed by atoms with Crippen LogP contribution in [0.5, 0.6) is 0 Å². The summed E-state index contributed by atoms with van der Waals surface area (Å²) in [6.45, 7) is 27.4. The van der Waals surface area contributed by atoms with Crippen LogP contribution in [-0.4, -0.2) is 23.2 Å². The molecule has 0 amide bonds. The minimum atomic E-state index is -0.961. The average Bonchev–Trinajstić information content (AvgIpc) is 2.94. The van der Waals surface area contributed by atoms with Gasteiger partial charge in [-0.3, -0.25) is 0 Å². The van der Waals surface area contributed by atoms with Crippen LogP contribution in [-0.2, 0) is 19.8 Å². The molecule has 0 aliphatic carbocycles. The van der Waals surface area contributed by atoms with Gasteiger partial charge in [0.05, 0.1) is 5.56 Å². The summed E-state index contributed by atoms with van der Waals surface area (Å²) in [5.41, 5.74) is 8.38. The van der Waals surface area contributed by atoms with Crippen LogP contribution in [0.15, 0.2) is 66.7 Å². The van der Waals surface area contributed by atoms with E-state index in [1.807, 2.05) is 6.07 Å². The first-order chi connectivity index (χ1) is 20.9. The van der Waals surface area contributed by atoms with Gasteiger partial charge in [-0.05, 0) is 85.9 Å². The SMILES string of the molecule is C.CCC.CCC.CCCC(=O)[O-].Cc1ccc(C(C)(C)C)cc1C.Cc1ccccc1C.Cc1ccccc1C(=O)O.O=C=O. The molecule has 0 bridgehead atoms. The molecular formula is C40H63O6-. The fraction of sp³-hybridized carbons (Fsp3) is 0.475. The maximum absolute atomic E-state index is 10.4. The van der Waals surface area contributed by atoms with Crippen molar-refractivity contribution in [1.29, 1.82) is 0 Å². The van der Waals surface area contributed by atoms with Crippen molar-refractivity contribution in [3.8, 4) is 0 Å². The van der Waals surface area contributed by atoms with Gasteiger partial charge in [0, 0.05) is 5.97 Å². The molecule has 3 aromatic rings. The van der Waals surface area contributed by atoms with E-state index in [0.29, 0.717) is 12.0 Å². The monoisotopic (exact) mass is 639 g/mol. The molecule has 0 saturated heterocycles. The molecule has 46 heavy (non-hydrogen) atoms. The van der Waals surface area contributed by atoms with Crippen LogP contribution in [0.4, 0.5) is 0 Å². The maximum Gasteiger partial charge on any atom is 0.373 e. The van der Waals surface area contributed by atoms with Crippen molar-refractivity contribution >= 4 is 18.1 Å². The summed E-state index contributed by atoms with van der Waals surface area (Å²) in [5.74, 6) is -1.82. The van der Waals surface area contributed by atoms with E-state index in [0.717, 1.165) is 5.56 Å². The molecule has 260 valence electrons. The highest BCUT2D eigenvalue weighted by Gasteiger charge is 2.13. The summed E-state index contributed by atoms with van der Waals surface area (Å²) in [5, 5.41) is 18.1. The zero-order chi connectivity index (χ0) is 36.0. The second kappa shape index (κ2) is 32.4. The number of aliphatic carboxylic acids is 1. The van der Waals surface area contributed by atoms with Crippen molar-refractivity contribution < 1.29 is 29.4 Å². The van der Waals surface area contributed by atoms with Crippen molar-refractivity contribution in [2.45, 2.75) is 129 Å². The molecule has 0 unspecified atom stereocenters. The van der Waals surface area contributed by atoms with Crippen LogP contribution >= 0.6 is 0 Å². The lowest BCUT2D eigenvalue weighted by Gasteiger charge is -2.19. The summed E-state index contributed by atoms with van der Waals surface area (Å²) in [7, 11) is 0. The Morgan fingerprint density at radius 3 is 1.24 bits per heavy atom. The largest absolute Gasteiger partial charge is 0.550 e. The van der Waals surface area contributed by atoms with Gasteiger partial charge in [-0.15, -0.1) is 0 Å². The average molecular weight is 640 g/mol. The van der Waals surface area contributed by atoms with Gasteiger partial charge in [0.25, 0.3) is 0 Å². The summed E-state index contributed by atoms with van der Waals surface area (Å²) in [6.07, 6.45) is 3.60. The summed E-state index contributed by atoms with van der Waals surface area (Å²) in [6, 6.07) is 22.0. The third-order valence-electron chi connectivity index (χ3n) is 5.63. The molecule has 0 aliphatic rings. The first-order valence-corrected chi connectivity index (χ1v) is 15.5. The van der Waals surface area contributed by atoms with E-state index < -0.39 is 11.9 Å². The topological polar surface area (TPSA) is 112 Å². The Kier molecular flexibility index (Phi) is 36.3. The highest BCUT2D eigenvalue weighted by atomic mass is 16.4. The first kappa shape index (κ1) is 51.6. The molecule has 0 radical (unpaired) electrons. The number of benzene rings is 3. The molecule has 3 rings (SSSR count). The lowest BCUT2D eigenvalue weighted by Crippen LogP contribution is -2.20. The zero-order valence-corrected chi connectivity index (χ0v) is 30.2. The summed E-state index contributed by atoms with van der Waals surface area (Å²) < 4.78 is 0. The molecule has 0 aliphatic heterocycles. The lowest BCUT2D eigenvalue weighted by molar-refractivity contribution is -0.305. The Balaban J connectivity index is -0.000000151. The van der Waals surface area contributed by atoms with Crippen LogP contribution < -0.4 is 5.11 Å². The number of hydrogen-bond donors (Lipinski definition) is 1. The quantitative estimate of drug-likeness (QED) is 0.305. The molecule has 0 spiro atoms. The second-order valence-electron chi connectivity index (χ2n) is 11.4. The molecule has 0 saturated carbocycles. The summed E-state index contributed by atoms with van der Waals surface area (Å²) in [4.78, 5) is 36.2. The van der Waals surface area contributed by atoms with Crippen LogP contribution in [0.25, 0.3) is 0 Å².